The second kappa shape index (κ2) is 5.34. The number of aliphatic hydroxyl groups is 1. The maximum absolute atomic E-state index is 10.7. The van der Waals surface area contributed by atoms with Crippen molar-refractivity contribution < 1.29 is 5.11 Å². The van der Waals surface area contributed by atoms with Crippen LogP contribution in [0.2, 0.25) is 0 Å². The van der Waals surface area contributed by atoms with Crippen LogP contribution < -0.4 is 0 Å². The highest BCUT2D eigenvalue weighted by Gasteiger charge is 2.38. The zero-order valence-corrected chi connectivity index (χ0v) is 10.9. The van der Waals surface area contributed by atoms with E-state index in [1.54, 1.807) is 0 Å². The Morgan fingerprint density at radius 3 is 2.53 bits per heavy atom. The van der Waals surface area contributed by atoms with Crippen LogP contribution in [0, 0.1) is 17.8 Å². The highest BCUT2D eigenvalue weighted by atomic mass is 16.3. The first-order valence-corrected chi connectivity index (χ1v) is 6.72. The van der Waals surface area contributed by atoms with Crippen LogP contribution in [0.15, 0.2) is 0 Å². The molecule has 1 aliphatic carbocycles. The zero-order valence-electron chi connectivity index (χ0n) is 10.9. The van der Waals surface area contributed by atoms with Gasteiger partial charge >= 0.3 is 0 Å². The molecule has 1 heteroatoms. The molecule has 0 saturated heterocycles. The van der Waals surface area contributed by atoms with Gasteiger partial charge in [-0.25, -0.2) is 0 Å². The predicted octanol–water partition coefficient (Wildman–Crippen LogP) is 4.00. The van der Waals surface area contributed by atoms with Crippen LogP contribution in [0.3, 0.4) is 0 Å². The molecule has 1 N–H and O–H groups in total. The van der Waals surface area contributed by atoms with Gasteiger partial charge in [0.05, 0.1) is 5.60 Å². The standard InChI is InChI=1S/C14H28O/c1-5-7-12(4)14(15)9-6-8-13(10-14)11(2)3/h11-13,15H,5-10H2,1-4H3. The van der Waals surface area contributed by atoms with Crippen molar-refractivity contribution in [3.8, 4) is 0 Å². The quantitative estimate of drug-likeness (QED) is 0.747. The first-order chi connectivity index (χ1) is 6.99. The minimum Gasteiger partial charge on any atom is -0.390 e. The van der Waals surface area contributed by atoms with Gasteiger partial charge in [-0.2, -0.15) is 0 Å². The Labute approximate surface area is 95.3 Å². The molecule has 1 saturated carbocycles. The van der Waals surface area contributed by atoms with E-state index >= 15 is 0 Å². The Kier molecular flexibility index (Phi) is 4.64. The van der Waals surface area contributed by atoms with Gasteiger partial charge in [0.25, 0.3) is 0 Å². The fourth-order valence-corrected chi connectivity index (χ4v) is 3.05. The zero-order chi connectivity index (χ0) is 11.5. The minimum atomic E-state index is -0.358. The summed E-state index contributed by atoms with van der Waals surface area (Å²) in [6.45, 7) is 9.02. The molecule has 1 fully saturated rings. The van der Waals surface area contributed by atoms with Crippen molar-refractivity contribution in [1.82, 2.24) is 0 Å². The first kappa shape index (κ1) is 13.0. The van der Waals surface area contributed by atoms with Gasteiger partial charge in [0.2, 0.25) is 0 Å². The summed E-state index contributed by atoms with van der Waals surface area (Å²) in [6, 6.07) is 0. The summed E-state index contributed by atoms with van der Waals surface area (Å²) >= 11 is 0. The van der Waals surface area contributed by atoms with Crippen molar-refractivity contribution in [2.75, 3.05) is 0 Å². The smallest absolute Gasteiger partial charge is 0.0675 e. The van der Waals surface area contributed by atoms with Crippen LogP contribution in [-0.2, 0) is 0 Å². The van der Waals surface area contributed by atoms with Gasteiger partial charge in [-0.1, -0.05) is 40.5 Å². The summed E-state index contributed by atoms with van der Waals surface area (Å²) in [5.41, 5.74) is -0.358. The van der Waals surface area contributed by atoms with E-state index in [1.807, 2.05) is 0 Å². The average Bonchev–Trinajstić information content (AvgIpc) is 2.18. The Morgan fingerprint density at radius 2 is 2.00 bits per heavy atom. The molecule has 1 rings (SSSR count). The van der Waals surface area contributed by atoms with Crippen LogP contribution in [-0.4, -0.2) is 10.7 Å². The maximum atomic E-state index is 10.7. The second-order valence-electron chi connectivity index (χ2n) is 5.89. The molecule has 0 aromatic heterocycles. The molecule has 0 amide bonds. The predicted molar refractivity (Wildman–Crippen MR) is 65.8 cm³/mol. The Balaban J connectivity index is 2.59. The van der Waals surface area contributed by atoms with Crippen LogP contribution in [0.4, 0.5) is 0 Å². The summed E-state index contributed by atoms with van der Waals surface area (Å²) in [6.07, 6.45) is 6.95. The van der Waals surface area contributed by atoms with Gasteiger partial charge in [-0.3, -0.25) is 0 Å². The third kappa shape index (κ3) is 3.21. The van der Waals surface area contributed by atoms with E-state index in [9.17, 15) is 5.11 Å². The lowest BCUT2D eigenvalue weighted by Gasteiger charge is -2.42. The monoisotopic (exact) mass is 212 g/mol. The largest absolute Gasteiger partial charge is 0.390 e. The van der Waals surface area contributed by atoms with E-state index in [1.165, 1.54) is 25.7 Å². The van der Waals surface area contributed by atoms with Crippen molar-refractivity contribution >= 4 is 0 Å². The van der Waals surface area contributed by atoms with E-state index in [2.05, 4.69) is 27.7 Å². The molecule has 15 heavy (non-hydrogen) atoms. The number of hydrogen-bond donors (Lipinski definition) is 1. The van der Waals surface area contributed by atoms with E-state index in [0.29, 0.717) is 5.92 Å². The van der Waals surface area contributed by atoms with Gasteiger partial charge in [0, 0.05) is 0 Å². The van der Waals surface area contributed by atoms with E-state index in [0.717, 1.165) is 24.7 Å². The van der Waals surface area contributed by atoms with Crippen molar-refractivity contribution in [2.24, 2.45) is 17.8 Å². The van der Waals surface area contributed by atoms with Gasteiger partial charge < -0.3 is 5.11 Å². The summed E-state index contributed by atoms with van der Waals surface area (Å²) in [5, 5.41) is 10.7. The van der Waals surface area contributed by atoms with Gasteiger partial charge in [0.1, 0.15) is 0 Å². The molecule has 3 atom stereocenters. The molecule has 0 radical (unpaired) electrons. The molecular weight excluding hydrogens is 184 g/mol. The van der Waals surface area contributed by atoms with Crippen LogP contribution in [0.1, 0.15) is 66.2 Å². The third-order valence-corrected chi connectivity index (χ3v) is 4.38. The minimum absolute atomic E-state index is 0.358. The highest BCUT2D eigenvalue weighted by Crippen LogP contribution is 2.41. The molecule has 90 valence electrons. The topological polar surface area (TPSA) is 20.2 Å². The summed E-state index contributed by atoms with van der Waals surface area (Å²) < 4.78 is 0. The lowest BCUT2D eigenvalue weighted by molar-refractivity contribution is -0.0684. The molecule has 3 unspecified atom stereocenters. The van der Waals surface area contributed by atoms with Crippen molar-refractivity contribution in [3.63, 3.8) is 0 Å². The van der Waals surface area contributed by atoms with Crippen molar-refractivity contribution in [2.45, 2.75) is 71.8 Å². The van der Waals surface area contributed by atoms with E-state index < -0.39 is 0 Å². The Hall–Kier alpha value is -0.0400. The summed E-state index contributed by atoms with van der Waals surface area (Å²) in [7, 11) is 0. The molecule has 0 aromatic rings. The van der Waals surface area contributed by atoms with Crippen molar-refractivity contribution in [3.05, 3.63) is 0 Å². The second-order valence-corrected chi connectivity index (χ2v) is 5.89. The molecule has 1 aliphatic rings. The van der Waals surface area contributed by atoms with E-state index in [-0.39, 0.29) is 5.60 Å². The Bertz CT molecular complexity index is 188. The average molecular weight is 212 g/mol. The molecule has 0 aromatic carbocycles. The molecule has 0 aliphatic heterocycles. The fraction of sp³-hybridized carbons (Fsp3) is 1.00. The highest BCUT2D eigenvalue weighted by molar-refractivity contribution is 4.90. The molecular formula is C14H28O. The van der Waals surface area contributed by atoms with Gasteiger partial charge in [-0.15, -0.1) is 0 Å². The van der Waals surface area contributed by atoms with Crippen LogP contribution >= 0.6 is 0 Å². The number of rotatable bonds is 4. The Morgan fingerprint density at radius 1 is 1.33 bits per heavy atom. The maximum Gasteiger partial charge on any atom is 0.0675 e. The van der Waals surface area contributed by atoms with Crippen LogP contribution in [0.25, 0.3) is 0 Å². The van der Waals surface area contributed by atoms with Crippen molar-refractivity contribution in [1.29, 1.82) is 0 Å². The fourth-order valence-electron chi connectivity index (χ4n) is 3.05. The number of hydrogen-bond acceptors (Lipinski definition) is 1. The van der Waals surface area contributed by atoms with Gasteiger partial charge in [0.15, 0.2) is 0 Å². The lowest BCUT2D eigenvalue weighted by atomic mass is 9.68. The van der Waals surface area contributed by atoms with Crippen LogP contribution in [0.5, 0.6) is 0 Å². The third-order valence-electron chi connectivity index (χ3n) is 4.38. The first-order valence-electron chi connectivity index (χ1n) is 6.72. The van der Waals surface area contributed by atoms with Gasteiger partial charge in [-0.05, 0) is 43.4 Å². The lowest BCUT2D eigenvalue weighted by Crippen LogP contribution is -2.42. The SMILES string of the molecule is CCCC(C)C1(O)CCCC(C(C)C)C1. The molecule has 0 bridgehead atoms. The van der Waals surface area contributed by atoms with E-state index in [4.69, 9.17) is 0 Å². The molecule has 1 nitrogen and oxygen atoms in total. The summed E-state index contributed by atoms with van der Waals surface area (Å²) in [4.78, 5) is 0. The molecule has 0 heterocycles. The molecule has 0 spiro atoms. The normalized spacial score (nSPS) is 34.4. The summed E-state index contributed by atoms with van der Waals surface area (Å²) in [5.74, 6) is 1.94.